The second-order valence-electron chi connectivity index (χ2n) is 6.22. The number of ether oxygens (including phenoxy) is 1. The van der Waals surface area contributed by atoms with Crippen LogP contribution in [0, 0.1) is 0 Å². The number of aryl methyl sites for hydroxylation is 1. The third kappa shape index (κ3) is 5.06. The number of aliphatic carboxylic acids is 1. The second-order valence-corrected chi connectivity index (χ2v) is 6.22. The summed E-state index contributed by atoms with van der Waals surface area (Å²) in [6.07, 6.45) is 0.596. The Morgan fingerprint density at radius 2 is 1.96 bits per heavy atom. The number of benzene rings is 1. The predicted octanol–water partition coefficient (Wildman–Crippen LogP) is 2.33. The standard InChI is InChI=1S/C20H22N2O6/c1-4-13-8-15(12(3)23)17(24)9-18(13)28-10-14-6-5-7-16(22-14)19(25)21-11(2)20(26)27/h5-9,11,24H,4,10H2,1-3H3,(H,21,25)(H,26,27)/t11-/m1/s1. The SMILES string of the molecule is CCc1cc(C(C)=O)c(O)cc1OCc1cccc(C(=O)N[C@H](C)C(=O)O)n1. The molecule has 2 aromatic rings. The fourth-order valence-electron chi connectivity index (χ4n) is 2.48. The molecule has 1 atom stereocenters. The maximum absolute atomic E-state index is 12.1. The van der Waals surface area contributed by atoms with Crippen LogP contribution in [0.3, 0.4) is 0 Å². The molecule has 3 N–H and O–H groups in total. The van der Waals surface area contributed by atoms with Crippen LogP contribution in [0.1, 0.15) is 52.9 Å². The van der Waals surface area contributed by atoms with Gasteiger partial charge in [-0.1, -0.05) is 13.0 Å². The lowest BCUT2D eigenvalue weighted by molar-refractivity contribution is -0.138. The number of hydrogen-bond donors (Lipinski definition) is 3. The summed E-state index contributed by atoms with van der Waals surface area (Å²) in [4.78, 5) is 38.7. The van der Waals surface area contributed by atoms with Crippen LogP contribution in [0.15, 0.2) is 30.3 Å². The van der Waals surface area contributed by atoms with Gasteiger partial charge in [-0.05, 0) is 44.0 Å². The Kier molecular flexibility index (Phi) is 6.70. The molecule has 0 saturated heterocycles. The summed E-state index contributed by atoms with van der Waals surface area (Å²) in [5.74, 6) is -1.73. The highest BCUT2D eigenvalue weighted by Gasteiger charge is 2.17. The van der Waals surface area contributed by atoms with Crippen LogP contribution < -0.4 is 10.1 Å². The highest BCUT2D eigenvalue weighted by molar-refractivity contribution is 5.97. The van der Waals surface area contributed by atoms with Gasteiger partial charge in [0.15, 0.2) is 5.78 Å². The average molecular weight is 386 g/mol. The van der Waals surface area contributed by atoms with Gasteiger partial charge in [0.2, 0.25) is 0 Å². The minimum atomic E-state index is -1.14. The highest BCUT2D eigenvalue weighted by atomic mass is 16.5. The molecule has 148 valence electrons. The predicted molar refractivity (Wildman–Crippen MR) is 101 cm³/mol. The summed E-state index contributed by atoms with van der Waals surface area (Å²) in [5.41, 5.74) is 1.51. The van der Waals surface area contributed by atoms with E-state index in [4.69, 9.17) is 9.84 Å². The van der Waals surface area contributed by atoms with Crippen LogP contribution in [0.25, 0.3) is 0 Å². The molecular weight excluding hydrogens is 364 g/mol. The summed E-state index contributed by atoms with van der Waals surface area (Å²) in [5, 5.41) is 21.2. The van der Waals surface area contributed by atoms with Gasteiger partial charge in [-0.3, -0.25) is 14.4 Å². The molecule has 0 aliphatic rings. The molecule has 0 bridgehead atoms. The largest absolute Gasteiger partial charge is 0.507 e. The minimum Gasteiger partial charge on any atom is -0.507 e. The molecule has 0 unspecified atom stereocenters. The van der Waals surface area contributed by atoms with Gasteiger partial charge < -0.3 is 20.3 Å². The van der Waals surface area contributed by atoms with Crippen molar-refractivity contribution in [2.45, 2.75) is 39.8 Å². The molecule has 0 spiro atoms. The molecule has 1 aromatic heterocycles. The van der Waals surface area contributed by atoms with Crippen molar-refractivity contribution in [2.75, 3.05) is 0 Å². The van der Waals surface area contributed by atoms with E-state index in [2.05, 4.69) is 10.3 Å². The first-order chi connectivity index (χ1) is 13.2. The van der Waals surface area contributed by atoms with Crippen LogP contribution in [-0.4, -0.2) is 38.9 Å². The Hall–Kier alpha value is -3.42. The van der Waals surface area contributed by atoms with Crippen LogP contribution in [-0.2, 0) is 17.8 Å². The van der Waals surface area contributed by atoms with Gasteiger partial charge >= 0.3 is 5.97 Å². The summed E-state index contributed by atoms with van der Waals surface area (Å²) in [6.45, 7) is 4.66. The van der Waals surface area contributed by atoms with Crippen molar-refractivity contribution in [3.8, 4) is 11.5 Å². The number of rotatable bonds is 8. The number of aromatic nitrogens is 1. The maximum atomic E-state index is 12.1. The average Bonchev–Trinajstić information content (AvgIpc) is 2.66. The van der Waals surface area contributed by atoms with Crippen molar-refractivity contribution in [1.82, 2.24) is 10.3 Å². The van der Waals surface area contributed by atoms with E-state index in [1.165, 1.54) is 26.0 Å². The van der Waals surface area contributed by atoms with Crippen molar-refractivity contribution in [2.24, 2.45) is 0 Å². The molecule has 0 radical (unpaired) electrons. The number of ketones is 1. The lowest BCUT2D eigenvalue weighted by atomic mass is 10.0. The Morgan fingerprint density at radius 3 is 2.57 bits per heavy atom. The van der Waals surface area contributed by atoms with Crippen LogP contribution in [0.4, 0.5) is 0 Å². The lowest BCUT2D eigenvalue weighted by Crippen LogP contribution is -2.38. The van der Waals surface area contributed by atoms with E-state index in [0.717, 1.165) is 5.56 Å². The number of nitrogens with one attached hydrogen (secondary N) is 1. The van der Waals surface area contributed by atoms with Crippen molar-refractivity contribution in [1.29, 1.82) is 0 Å². The number of Topliss-reactive ketones (excluding diaryl/α,β-unsaturated/α-hetero) is 1. The highest BCUT2D eigenvalue weighted by Crippen LogP contribution is 2.29. The summed E-state index contributed by atoms with van der Waals surface area (Å²) in [6, 6.07) is 6.69. The normalized spacial score (nSPS) is 11.5. The second kappa shape index (κ2) is 8.98. The maximum Gasteiger partial charge on any atom is 0.325 e. The third-order valence-corrected chi connectivity index (χ3v) is 4.07. The van der Waals surface area contributed by atoms with Crippen LogP contribution in [0.2, 0.25) is 0 Å². The van der Waals surface area contributed by atoms with Gasteiger partial charge in [-0.25, -0.2) is 4.98 Å². The zero-order chi connectivity index (χ0) is 20.8. The number of phenols is 1. The van der Waals surface area contributed by atoms with Gasteiger partial charge in [0, 0.05) is 6.07 Å². The number of phenolic OH excluding ortho intramolecular Hbond substituents is 1. The Labute approximate surface area is 162 Å². The van der Waals surface area contributed by atoms with Gasteiger partial charge in [0.1, 0.15) is 29.8 Å². The Balaban J connectivity index is 2.15. The van der Waals surface area contributed by atoms with E-state index in [1.807, 2.05) is 6.92 Å². The molecule has 1 heterocycles. The van der Waals surface area contributed by atoms with E-state index in [0.29, 0.717) is 17.9 Å². The Morgan fingerprint density at radius 1 is 1.25 bits per heavy atom. The number of carbonyl (C=O) groups is 3. The molecule has 1 amide bonds. The van der Waals surface area contributed by atoms with E-state index in [1.54, 1.807) is 18.2 Å². The van der Waals surface area contributed by atoms with Gasteiger partial charge in [0.25, 0.3) is 5.91 Å². The molecule has 1 aromatic carbocycles. The van der Waals surface area contributed by atoms with Crippen molar-refractivity contribution in [3.63, 3.8) is 0 Å². The first kappa shape index (κ1) is 20.9. The molecule has 8 heteroatoms. The number of carboxylic acid groups (broad SMARTS) is 1. The number of hydrogen-bond acceptors (Lipinski definition) is 6. The smallest absolute Gasteiger partial charge is 0.325 e. The van der Waals surface area contributed by atoms with Crippen molar-refractivity contribution >= 4 is 17.7 Å². The minimum absolute atomic E-state index is 0.0292. The van der Waals surface area contributed by atoms with Gasteiger partial charge in [0.05, 0.1) is 11.3 Å². The number of aromatic hydroxyl groups is 1. The lowest BCUT2D eigenvalue weighted by Gasteiger charge is -2.13. The molecule has 2 rings (SSSR count). The number of pyridine rings is 1. The molecule has 0 fully saturated rings. The molecule has 8 nitrogen and oxygen atoms in total. The number of nitrogens with zero attached hydrogens (tertiary/aromatic N) is 1. The summed E-state index contributed by atoms with van der Waals surface area (Å²) >= 11 is 0. The first-order valence-electron chi connectivity index (χ1n) is 8.72. The number of amides is 1. The number of carboxylic acids is 1. The molecule has 0 aliphatic heterocycles. The summed E-state index contributed by atoms with van der Waals surface area (Å²) in [7, 11) is 0. The molecule has 0 aliphatic carbocycles. The molecular formula is C20H22N2O6. The topological polar surface area (TPSA) is 126 Å². The van der Waals surface area contributed by atoms with Crippen LogP contribution in [0.5, 0.6) is 11.5 Å². The quantitative estimate of drug-likeness (QED) is 0.594. The monoisotopic (exact) mass is 386 g/mol. The first-order valence-corrected chi connectivity index (χ1v) is 8.72. The van der Waals surface area contributed by atoms with E-state index in [-0.39, 0.29) is 29.4 Å². The number of carbonyl (C=O) groups excluding carboxylic acids is 2. The van der Waals surface area contributed by atoms with Crippen LogP contribution >= 0.6 is 0 Å². The van der Waals surface area contributed by atoms with E-state index in [9.17, 15) is 19.5 Å². The molecule has 0 saturated carbocycles. The fraction of sp³-hybridized carbons (Fsp3) is 0.300. The van der Waals surface area contributed by atoms with Gasteiger partial charge in [-0.2, -0.15) is 0 Å². The zero-order valence-electron chi connectivity index (χ0n) is 15.9. The zero-order valence-corrected chi connectivity index (χ0v) is 15.9. The van der Waals surface area contributed by atoms with Gasteiger partial charge in [-0.15, -0.1) is 0 Å². The Bertz CT molecular complexity index is 910. The third-order valence-electron chi connectivity index (χ3n) is 4.07. The van der Waals surface area contributed by atoms with E-state index < -0.39 is 17.9 Å². The van der Waals surface area contributed by atoms with Crippen molar-refractivity contribution < 1.29 is 29.3 Å². The fourth-order valence-corrected chi connectivity index (χ4v) is 2.48. The van der Waals surface area contributed by atoms with Crippen molar-refractivity contribution in [3.05, 3.63) is 52.8 Å². The van der Waals surface area contributed by atoms with E-state index >= 15 is 0 Å². The molecule has 28 heavy (non-hydrogen) atoms. The summed E-state index contributed by atoms with van der Waals surface area (Å²) < 4.78 is 5.72.